The lowest BCUT2D eigenvalue weighted by atomic mass is 10.1. The monoisotopic (exact) mass is 276 g/mol. The molecular formula is C16H21FN2O. The SMILES string of the molecule is CC(C)NCc1cc(F)ccc1N(C)Cc1ccoc1. The van der Waals surface area contributed by atoms with Gasteiger partial charge in [0.2, 0.25) is 0 Å². The van der Waals surface area contributed by atoms with E-state index in [2.05, 4.69) is 24.1 Å². The number of hydrogen-bond donors (Lipinski definition) is 1. The number of nitrogens with one attached hydrogen (secondary N) is 1. The van der Waals surface area contributed by atoms with Crippen molar-refractivity contribution in [1.29, 1.82) is 0 Å². The maximum Gasteiger partial charge on any atom is 0.123 e. The Kier molecular flexibility index (Phi) is 4.79. The molecule has 0 unspecified atom stereocenters. The van der Waals surface area contributed by atoms with Crippen molar-refractivity contribution in [3.05, 3.63) is 53.7 Å². The Morgan fingerprint density at radius 1 is 1.30 bits per heavy atom. The Hall–Kier alpha value is -1.81. The highest BCUT2D eigenvalue weighted by Crippen LogP contribution is 2.22. The maximum atomic E-state index is 13.5. The summed E-state index contributed by atoms with van der Waals surface area (Å²) in [7, 11) is 2.00. The topological polar surface area (TPSA) is 28.4 Å². The van der Waals surface area contributed by atoms with E-state index >= 15 is 0 Å². The fourth-order valence-corrected chi connectivity index (χ4v) is 2.12. The molecule has 0 amide bonds. The quantitative estimate of drug-likeness (QED) is 0.874. The molecular weight excluding hydrogens is 255 g/mol. The Labute approximate surface area is 119 Å². The number of rotatable bonds is 6. The van der Waals surface area contributed by atoms with Crippen molar-refractivity contribution in [1.82, 2.24) is 5.32 Å². The van der Waals surface area contributed by atoms with E-state index in [0.717, 1.165) is 23.4 Å². The minimum atomic E-state index is -0.203. The molecule has 1 heterocycles. The number of anilines is 1. The molecule has 0 aliphatic heterocycles. The van der Waals surface area contributed by atoms with Gasteiger partial charge in [0.05, 0.1) is 12.5 Å². The fraction of sp³-hybridized carbons (Fsp3) is 0.375. The Balaban J connectivity index is 2.16. The van der Waals surface area contributed by atoms with Crippen molar-refractivity contribution >= 4 is 5.69 Å². The highest BCUT2D eigenvalue weighted by Gasteiger charge is 2.10. The zero-order chi connectivity index (χ0) is 14.5. The van der Waals surface area contributed by atoms with Gasteiger partial charge in [-0.1, -0.05) is 13.8 Å². The van der Waals surface area contributed by atoms with Crippen molar-refractivity contribution < 1.29 is 8.81 Å². The molecule has 20 heavy (non-hydrogen) atoms. The van der Waals surface area contributed by atoms with Crippen LogP contribution in [0.25, 0.3) is 0 Å². The van der Waals surface area contributed by atoms with Crippen LogP contribution in [0.15, 0.2) is 41.2 Å². The molecule has 0 radical (unpaired) electrons. The van der Waals surface area contributed by atoms with Gasteiger partial charge >= 0.3 is 0 Å². The lowest BCUT2D eigenvalue weighted by molar-refractivity contribution is 0.563. The number of hydrogen-bond acceptors (Lipinski definition) is 3. The van der Waals surface area contributed by atoms with Gasteiger partial charge in [-0.3, -0.25) is 0 Å². The molecule has 0 saturated carbocycles. The third-order valence-corrected chi connectivity index (χ3v) is 3.15. The van der Waals surface area contributed by atoms with Crippen LogP contribution in [0, 0.1) is 5.82 Å². The van der Waals surface area contributed by atoms with Crippen molar-refractivity contribution in [2.75, 3.05) is 11.9 Å². The second-order valence-electron chi connectivity index (χ2n) is 5.30. The largest absolute Gasteiger partial charge is 0.472 e. The molecule has 1 aromatic heterocycles. The van der Waals surface area contributed by atoms with Crippen molar-refractivity contribution in [3.8, 4) is 0 Å². The highest BCUT2D eigenvalue weighted by molar-refractivity contribution is 5.53. The average Bonchev–Trinajstić information content (AvgIpc) is 2.89. The van der Waals surface area contributed by atoms with Gasteiger partial charge in [-0.2, -0.15) is 0 Å². The minimum absolute atomic E-state index is 0.203. The molecule has 0 aliphatic carbocycles. The van der Waals surface area contributed by atoms with Gasteiger partial charge in [0.25, 0.3) is 0 Å². The van der Waals surface area contributed by atoms with Crippen LogP contribution in [-0.2, 0) is 13.1 Å². The summed E-state index contributed by atoms with van der Waals surface area (Å²) < 4.78 is 18.5. The number of benzene rings is 1. The third kappa shape index (κ3) is 3.84. The molecule has 0 atom stereocenters. The lowest BCUT2D eigenvalue weighted by Crippen LogP contribution is -2.24. The van der Waals surface area contributed by atoms with Crippen LogP contribution >= 0.6 is 0 Å². The van der Waals surface area contributed by atoms with Crippen LogP contribution < -0.4 is 10.2 Å². The molecule has 0 bridgehead atoms. The Bertz CT molecular complexity index is 537. The highest BCUT2D eigenvalue weighted by atomic mass is 19.1. The molecule has 3 nitrogen and oxygen atoms in total. The van der Waals surface area contributed by atoms with E-state index in [9.17, 15) is 4.39 Å². The summed E-state index contributed by atoms with van der Waals surface area (Å²) in [6.07, 6.45) is 3.39. The van der Waals surface area contributed by atoms with Crippen LogP contribution in [0.4, 0.5) is 10.1 Å². The summed E-state index contributed by atoms with van der Waals surface area (Å²) in [5.74, 6) is -0.203. The first kappa shape index (κ1) is 14.6. The average molecular weight is 276 g/mol. The van der Waals surface area contributed by atoms with Gasteiger partial charge in [0.1, 0.15) is 5.82 Å². The number of halogens is 1. The van der Waals surface area contributed by atoms with E-state index in [0.29, 0.717) is 12.6 Å². The Morgan fingerprint density at radius 2 is 2.10 bits per heavy atom. The van der Waals surface area contributed by atoms with Crippen molar-refractivity contribution in [2.24, 2.45) is 0 Å². The van der Waals surface area contributed by atoms with E-state index in [1.54, 1.807) is 18.6 Å². The van der Waals surface area contributed by atoms with Crippen LogP contribution in [0.1, 0.15) is 25.0 Å². The zero-order valence-corrected chi connectivity index (χ0v) is 12.2. The van der Waals surface area contributed by atoms with Gasteiger partial charge in [-0.15, -0.1) is 0 Å². The molecule has 2 aromatic rings. The number of furan rings is 1. The van der Waals surface area contributed by atoms with Gasteiger partial charge in [0.15, 0.2) is 0 Å². The molecule has 1 N–H and O–H groups in total. The molecule has 1 aromatic carbocycles. The second-order valence-corrected chi connectivity index (χ2v) is 5.30. The van der Waals surface area contributed by atoms with Crippen LogP contribution in [0.3, 0.4) is 0 Å². The van der Waals surface area contributed by atoms with E-state index in [4.69, 9.17) is 4.42 Å². The van der Waals surface area contributed by atoms with Crippen LogP contribution in [-0.4, -0.2) is 13.1 Å². The molecule has 108 valence electrons. The van der Waals surface area contributed by atoms with Gasteiger partial charge in [-0.05, 0) is 29.8 Å². The molecule has 0 fully saturated rings. The van der Waals surface area contributed by atoms with Gasteiger partial charge in [-0.25, -0.2) is 4.39 Å². The second kappa shape index (κ2) is 6.57. The van der Waals surface area contributed by atoms with E-state index in [1.165, 1.54) is 6.07 Å². The molecule has 4 heteroatoms. The predicted octanol–water partition coefficient (Wildman–Crippen LogP) is 3.55. The Morgan fingerprint density at radius 3 is 2.75 bits per heavy atom. The summed E-state index contributed by atoms with van der Waals surface area (Å²) in [4.78, 5) is 2.10. The van der Waals surface area contributed by atoms with Crippen LogP contribution in [0.2, 0.25) is 0 Å². The first-order valence-electron chi connectivity index (χ1n) is 6.80. The number of nitrogens with zero attached hydrogens (tertiary/aromatic N) is 1. The summed E-state index contributed by atoms with van der Waals surface area (Å²) >= 11 is 0. The molecule has 2 rings (SSSR count). The first-order valence-corrected chi connectivity index (χ1v) is 6.80. The summed E-state index contributed by atoms with van der Waals surface area (Å²) in [6.45, 7) is 5.54. The maximum absolute atomic E-state index is 13.5. The zero-order valence-electron chi connectivity index (χ0n) is 12.2. The van der Waals surface area contributed by atoms with Crippen molar-refractivity contribution in [2.45, 2.75) is 33.0 Å². The summed E-state index contributed by atoms with van der Waals surface area (Å²) in [5.41, 5.74) is 3.09. The molecule has 0 aliphatic rings. The smallest absolute Gasteiger partial charge is 0.123 e. The summed E-state index contributed by atoms with van der Waals surface area (Å²) in [5, 5.41) is 3.33. The molecule has 0 saturated heterocycles. The first-order chi connectivity index (χ1) is 9.56. The molecule has 0 spiro atoms. The van der Waals surface area contributed by atoms with Crippen LogP contribution in [0.5, 0.6) is 0 Å². The van der Waals surface area contributed by atoms with Gasteiger partial charge in [0, 0.05) is 37.4 Å². The summed E-state index contributed by atoms with van der Waals surface area (Å²) in [6, 6.07) is 7.22. The lowest BCUT2D eigenvalue weighted by Gasteiger charge is -2.22. The normalized spacial score (nSPS) is 11.1. The van der Waals surface area contributed by atoms with Gasteiger partial charge < -0.3 is 14.6 Å². The standard InChI is InChI=1S/C16H21FN2O/c1-12(2)18-9-14-8-15(17)4-5-16(14)19(3)10-13-6-7-20-11-13/h4-8,11-12,18H,9-10H2,1-3H3. The van der Waals surface area contributed by atoms with Crippen molar-refractivity contribution in [3.63, 3.8) is 0 Å². The predicted molar refractivity (Wildman–Crippen MR) is 79.2 cm³/mol. The van der Waals surface area contributed by atoms with E-state index in [1.807, 2.05) is 19.2 Å². The van der Waals surface area contributed by atoms with E-state index in [-0.39, 0.29) is 5.82 Å². The third-order valence-electron chi connectivity index (χ3n) is 3.15. The minimum Gasteiger partial charge on any atom is -0.472 e. The van der Waals surface area contributed by atoms with E-state index < -0.39 is 0 Å². The fourth-order valence-electron chi connectivity index (χ4n) is 2.12.